The first kappa shape index (κ1) is 12.0. The summed E-state index contributed by atoms with van der Waals surface area (Å²) in [4.78, 5) is 16.3. The zero-order chi connectivity index (χ0) is 11.5. The first-order chi connectivity index (χ1) is 6.90. The average molecular weight is 228 g/mol. The van der Waals surface area contributed by atoms with E-state index in [1.54, 1.807) is 11.6 Å². The minimum atomic E-state index is -0.936. The van der Waals surface area contributed by atoms with Crippen LogP contribution in [-0.4, -0.2) is 22.7 Å². The maximum absolute atomic E-state index is 11.0. The summed E-state index contributed by atoms with van der Waals surface area (Å²) in [6, 6.07) is 0. The fourth-order valence-electron chi connectivity index (χ4n) is 1.07. The van der Waals surface area contributed by atoms with Gasteiger partial charge < -0.3 is 5.11 Å². The van der Waals surface area contributed by atoms with Crippen LogP contribution in [0.2, 0.25) is 0 Å². The summed E-state index contributed by atoms with van der Waals surface area (Å²) < 4.78 is 0. The van der Waals surface area contributed by atoms with E-state index in [1.165, 1.54) is 16.2 Å². The minimum absolute atomic E-state index is 0.130. The number of carbonyl (C=O) groups is 1. The predicted molar refractivity (Wildman–Crippen MR) is 61.6 cm³/mol. The molecular formula is C10H16N2O2S. The highest BCUT2D eigenvalue weighted by molar-refractivity contribution is 7.13. The molecule has 0 aliphatic rings. The quantitative estimate of drug-likeness (QED) is 0.865. The highest BCUT2D eigenvalue weighted by Crippen LogP contribution is 2.23. The zero-order valence-corrected chi connectivity index (χ0v) is 10.0. The van der Waals surface area contributed by atoms with Gasteiger partial charge in [-0.15, -0.1) is 11.3 Å². The van der Waals surface area contributed by atoms with Crippen molar-refractivity contribution in [3.63, 3.8) is 0 Å². The molecule has 0 aliphatic heterocycles. The standard InChI is InChI=1S/C10H16N2O2S/c1-10(2,3)4-6-12(9(13)14)8-11-5-7-15-8/h5,7H,4,6H2,1-3H3,(H,13,14). The molecule has 0 spiro atoms. The van der Waals surface area contributed by atoms with Gasteiger partial charge in [-0.05, 0) is 11.8 Å². The minimum Gasteiger partial charge on any atom is -0.465 e. The van der Waals surface area contributed by atoms with Crippen molar-refractivity contribution in [3.05, 3.63) is 11.6 Å². The Labute approximate surface area is 93.6 Å². The molecular weight excluding hydrogens is 212 g/mol. The molecule has 1 aromatic rings. The molecule has 4 nitrogen and oxygen atoms in total. The Morgan fingerprint density at radius 1 is 1.60 bits per heavy atom. The van der Waals surface area contributed by atoms with Gasteiger partial charge in [-0.2, -0.15) is 0 Å². The topological polar surface area (TPSA) is 53.4 Å². The number of anilines is 1. The van der Waals surface area contributed by atoms with Gasteiger partial charge >= 0.3 is 6.09 Å². The summed E-state index contributed by atoms with van der Waals surface area (Å²) in [6.07, 6.45) is 1.50. The van der Waals surface area contributed by atoms with Crippen LogP contribution in [0.5, 0.6) is 0 Å². The maximum atomic E-state index is 11.0. The molecule has 1 N–H and O–H groups in total. The van der Waals surface area contributed by atoms with Crippen LogP contribution in [0.1, 0.15) is 27.2 Å². The number of carboxylic acid groups (broad SMARTS) is 1. The van der Waals surface area contributed by atoms with Crippen molar-refractivity contribution >= 4 is 22.6 Å². The van der Waals surface area contributed by atoms with Crippen LogP contribution < -0.4 is 4.90 Å². The monoisotopic (exact) mass is 228 g/mol. The molecule has 1 amide bonds. The molecule has 1 rings (SSSR count). The van der Waals surface area contributed by atoms with Gasteiger partial charge in [0.1, 0.15) is 0 Å². The summed E-state index contributed by atoms with van der Waals surface area (Å²) in [6.45, 7) is 6.77. The van der Waals surface area contributed by atoms with Crippen LogP contribution in [0.15, 0.2) is 11.6 Å². The van der Waals surface area contributed by atoms with E-state index < -0.39 is 6.09 Å². The Kier molecular flexibility index (Phi) is 3.68. The summed E-state index contributed by atoms with van der Waals surface area (Å²) >= 11 is 1.34. The van der Waals surface area contributed by atoms with Gasteiger partial charge in [0.25, 0.3) is 0 Å². The Morgan fingerprint density at radius 3 is 2.67 bits per heavy atom. The van der Waals surface area contributed by atoms with E-state index in [0.717, 1.165) is 6.42 Å². The summed E-state index contributed by atoms with van der Waals surface area (Å²) in [5.74, 6) is 0. The van der Waals surface area contributed by atoms with Gasteiger partial charge in [0, 0.05) is 18.1 Å². The van der Waals surface area contributed by atoms with E-state index in [-0.39, 0.29) is 5.41 Å². The number of hydrogen-bond acceptors (Lipinski definition) is 3. The highest BCUT2D eigenvalue weighted by atomic mass is 32.1. The van der Waals surface area contributed by atoms with E-state index >= 15 is 0 Å². The van der Waals surface area contributed by atoms with Gasteiger partial charge in [0.2, 0.25) is 0 Å². The van der Waals surface area contributed by atoms with Crippen molar-refractivity contribution in [3.8, 4) is 0 Å². The Hall–Kier alpha value is -1.10. The predicted octanol–water partition coefficient (Wildman–Crippen LogP) is 3.06. The van der Waals surface area contributed by atoms with E-state index in [9.17, 15) is 4.79 Å². The lowest BCUT2D eigenvalue weighted by Gasteiger charge is -2.22. The fourth-order valence-corrected chi connectivity index (χ4v) is 1.73. The lowest BCUT2D eigenvalue weighted by molar-refractivity contribution is 0.200. The fraction of sp³-hybridized carbons (Fsp3) is 0.600. The molecule has 0 unspecified atom stereocenters. The number of hydrogen-bond donors (Lipinski definition) is 1. The molecule has 15 heavy (non-hydrogen) atoms. The second-order valence-electron chi connectivity index (χ2n) is 4.56. The van der Waals surface area contributed by atoms with Crippen LogP contribution in [0.4, 0.5) is 9.93 Å². The number of nitrogens with zero attached hydrogens (tertiary/aromatic N) is 2. The number of aromatic nitrogens is 1. The molecule has 0 saturated carbocycles. The van der Waals surface area contributed by atoms with Crippen LogP contribution in [0, 0.1) is 5.41 Å². The van der Waals surface area contributed by atoms with Crippen molar-refractivity contribution in [1.29, 1.82) is 0 Å². The van der Waals surface area contributed by atoms with Gasteiger partial charge in [-0.1, -0.05) is 20.8 Å². The van der Waals surface area contributed by atoms with Gasteiger partial charge in [0.15, 0.2) is 5.13 Å². The normalized spacial score (nSPS) is 11.4. The van der Waals surface area contributed by atoms with Crippen molar-refractivity contribution < 1.29 is 9.90 Å². The second kappa shape index (κ2) is 4.61. The molecule has 0 atom stereocenters. The second-order valence-corrected chi connectivity index (χ2v) is 5.43. The summed E-state index contributed by atoms with van der Waals surface area (Å²) in [5.41, 5.74) is 0.130. The zero-order valence-electron chi connectivity index (χ0n) is 9.23. The Morgan fingerprint density at radius 2 is 2.27 bits per heavy atom. The average Bonchev–Trinajstić information content (AvgIpc) is 2.54. The van der Waals surface area contributed by atoms with Crippen molar-refractivity contribution in [2.24, 2.45) is 5.41 Å². The third kappa shape index (κ3) is 3.87. The lowest BCUT2D eigenvalue weighted by atomic mass is 9.92. The van der Waals surface area contributed by atoms with Gasteiger partial charge in [-0.25, -0.2) is 9.78 Å². The van der Waals surface area contributed by atoms with E-state index in [0.29, 0.717) is 11.7 Å². The van der Waals surface area contributed by atoms with Crippen molar-refractivity contribution in [2.75, 3.05) is 11.4 Å². The van der Waals surface area contributed by atoms with Crippen LogP contribution in [0.25, 0.3) is 0 Å². The molecule has 5 heteroatoms. The largest absolute Gasteiger partial charge is 0.465 e. The summed E-state index contributed by atoms with van der Waals surface area (Å²) in [7, 11) is 0. The van der Waals surface area contributed by atoms with Gasteiger partial charge in [0.05, 0.1) is 0 Å². The van der Waals surface area contributed by atoms with Crippen molar-refractivity contribution in [1.82, 2.24) is 4.98 Å². The molecule has 1 aromatic heterocycles. The summed E-state index contributed by atoms with van der Waals surface area (Å²) in [5, 5.41) is 11.4. The first-order valence-electron chi connectivity index (χ1n) is 4.80. The first-order valence-corrected chi connectivity index (χ1v) is 5.68. The van der Waals surface area contributed by atoms with E-state index in [4.69, 9.17) is 5.11 Å². The van der Waals surface area contributed by atoms with E-state index in [2.05, 4.69) is 25.8 Å². The van der Waals surface area contributed by atoms with Crippen LogP contribution in [-0.2, 0) is 0 Å². The molecule has 1 heterocycles. The lowest BCUT2D eigenvalue weighted by Crippen LogP contribution is -2.32. The highest BCUT2D eigenvalue weighted by Gasteiger charge is 2.19. The molecule has 0 bridgehead atoms. The van der Waals surface area contributed by atoms with E-state index in [1.807, 2.05) is 0 Å². The number of thiazole rings is 1. The van der Waals surface area contributed by atoms with Crippen LogP contribution >= 0.6 is 11.3 Å². The van der Waals surface area contributed by atoms with Gasteiger partial charge in [-0.3, -0.25) is 4.90 Å². The molecule has 0 aromatic carbocycles. The molecule has 0 radical (unpaired) electrons. The Balaban J connectivity index is 2.65. The third-order valence-electron chi connectivity index (χ3n) is 1.97. The molecule has 0 fully saturated rings. The van der Waals surface area contributed by atoms with Crippen molar-refractivity contribution in [2.45, 2.75) is 27.2 Å². The number of amides is 1. The Bertz CT molecular complexity index is 317. The molecule has 84 valence electrons. The van der Waals surface area contributed by atoms with Crippen LogP contribution in [0.3, 0.4) is 0 Å². The molecule has 0 saturated heterocycles. The molecule has 0 aliphatic carbocycles. The smallest absolute Gasteiger partial charge is 0.413 e. The maximum Gasteiger partial charge on any atom is 0.413 e. The number of rotatable bonds is 3. The SMILES string of the molecule is CC(C)(C)CCN(C(=O)O)c1nccs1. The third-order valence-corrected chi connectivity index (χ3v) is 2.76.